The highest BCUT2D eigenvalue weighted by atomic mass is 79.9. The van der Waals surface area contributed by atoms with Crippen molar-refractivity contribution in [3.63, 3.8) is 0 Å². The predicted molar refractivity (Wildman–Crippen MR) is 136 cm³/mol. The van der Waals surface area contributed by atoms with Gasteiger partial charge >= 0.3 is 0 Å². The minimum atomic E-state index is -1.14. The molecule has 1 aliphatic carbocycles. The van der Waals surface area contributed by atoms with Crippen LogP contribution in [0.25, 0.3) is 0 Å². The Bertz CT molecular complexity index is 1070. The minimum absolute atomic E-state index is 0.106. The Balaban J connectivity index is 1.29. The summed E-state index contributed by atoms with van der Waals surface area (Å²) in [5, 5.41) is 6.18. The molecule has 0 unspecified atom stereocenters. The fourth-order valence-corrected chi connectivity index (χ4v) is 7.02. The number of hydrogen-bond donors (Lipinski definition) is 2. The average molecular weight is 558 g/mol. The first kappa shape index (κ1) is 24.1. The molecule has 1 spiro atoms. The lowest BCUT2D eigenvalue weighted by Crippen LogP contribution is -2.57. The summed E-state index contributed by atoms with van der Waals surface area (Å²) in [7, 11) is 0. The summed E-state index contributed by atoms with van der Waals surface area (Å²) in [5.41, 5.74) is -0.488. The van der Waals surface area contributed by atoms with E-state index in [1.165, 1.54) is 6.42 Å². The molecular weight excluding hydrogens is 526 g/mol. The first-order valence-corrected chi connectivity index (χ1v) is 13.9. The van der Waals surface area contributed by atoms with E-state index in [1.54, 1.807) is 4.90 Å². The van der Waals surface area contributed by atoms with Crippen molar-refractivity contribution in [3.8, 4) is 0 Å². The summed E-state index contributed by atoms with van der Waals surface area (Å²) in [6, 6.07) is 6.62. The summed E-state index contributed by atoms with van der Waals surface area (Å²) in [4.78, 5) is 42.9. The van der Waals surface area contributed by atoms with Crippen molar-refractivity contribution in [3.05, 3.63) is 40.9 Å². The molecule has 4 fully saturated rings. The molecule has 3 saturated heterocycles. The van der Waals surface area contributed by atoms with E-state index in [-0.39, 0.29) is 29.9 Å². The lowest BCUT2D eigenvalue weighted by atomic mass is 9.74. The molecule has 1 aromatic carbocycles. The van der Waals surface area contributed by atoms with E-state index in [1.807, 2.05) is 36.4 Å². The number of carbonyl (C=O) groups is 3. The number of likely N-dealkylation sites (tertiary alicyclic amines) is 1. The maximum Gasteiger partial charge on any atom is 0.246 e. The number of nitrogens with one attached hydrogen (secondary N) is 2. The summed E-state index contributed by atoms with van der Waals surface area (Å²) in [6.45, 7) is 1.000. The molecule has 6 rings (SSSR count). The molecule has 9 heteroatoms. The van der Waals surface area contributed by atoms with Gasteiger partial charge in [-0.1, -0.05) is 47.3 Å². The highest BCUT2D eigenvalue weighted by molar-refractivity contribution is 9.10. The van der Waals surface area contributed by atoms with Gasteiger partial charge in [-0.15, -0.1) is 0 Å². The molecule has 0 aromatic heterocycles. The molecule has 4 aliphatic heterocycles. The third-order valence-electron chi connectivity index (χ3n) is 8.41. The number of halogens is 1. The molecule has 8 nitrogen and oxygen atoms in total. The number of benzene rings is 1. The number of fused-ring (bicyclic) bond motifs is 1. The monoisotopic (exact) mass is 557 g/mol. The van der Waals surface area contributed by atoms with E-state index in [0.29, 0.717) is 18.8 Å². The van der Waals surface area contributed by atoms with Gasteiger partial charge in [0.1, 0.15) is 11.6 Å². The summed E-state index contributed by atoms with van der Waals surface area (Å²) >= 11 is 3.41. The molecule has 2 N–H and O–H groups in total. The van der Waals surface area contributed by atoms with Gasteiger partial charge in [-0.3, -0.25) is 14.4 Å². The van der Waals surface area contributed by atoms with Crippen LogP contribution in [0.1, 0.15) is 44.9 Å². The van der Waals surface area contributed by atoms with Crippen LogP contribution < -0.4 is 10.6 Å². The van der Waals surface area contributed by atoms with Crippen LogP contribution >= 0.6 is 15.9 Å². The normalized spacial score (nSPS) is 35.3. The largest absolute Gasteiger partial charge is 0.376 e. The Kier molecular flexibility index (Phi) is 6.42. The van der Waals surface area contributed by atoms with Crippen LogP contribution in [0.3, 0.4) is 0 Å². The maximum atomic E-state index is 14.0. The van der Waals surface area contributed by atoms with Crippen molar-refractivity contribution in [1.29, 1.82) is 0 Å². The smallest absolute Gasteiger partial charge is 0.246 e. The fraction of sp³-hybridized carbons (Fsp3) is 0.593. The number of rotatable bonds is 6. The van der Waals surface area contributed by atoms with E-state index in [2.05, 4.69) is 26.6 Å². The Morgan fingerprint density at radius 2 is 1.83 bits per heavy atom. The van der Waals surface area contributed by atoms with Crippen LogP contribution in [0.15, 0.2) is 40.9 Å². The van der Waals surface area contributed by atoms with Gasteiger partial charge in [0.2, 0.25) is 17.7 Å². The average Bonchev–Trinajstić information content (AvgIpc) is 3.64. The Morgan fingerprint density at radius 1 is 1.06 bits per heavy atom. The van der Waals surface area contributed by atoms with Gasteiger partial charge < -0.3 is 25.0 Å². The van der Waals surface area contributed by atoms with Gasteiger partial charge in [0, 0.05) is 29.4 Å². The number of ether oxygens (including phenoxy) is 2. The van der Waals surface area contributed by atoms with Crippen molar-refractivity contribution in [2.45, 2.75) is 74.8 Å². The summed E-state index contributed by atoms with van der Waals surface area (Å²) in [6.07, 6.45) is 10.2. The van der Waals surface area contributed by atoms with Gasteiger partial charge in [-0.05, 0) is 49.9 Å². The van der Waals surface area contributed by atoms with Crippen molar-refractivity contribution < 1.29 is 23.9 Å². The molecule has 3 amide bonds. The van der Waals surface area contributed by atoms with Crippen LogP contribution in [-0.2, 0) is 23.9 Å². The van der Waals surface area contributed by atoms with E-state index in [0.717, 1.165) is 43.0 Å². The van der Waals surface area contributed by atoms with E-state index in [4.69, 9.17) is 9.47 Å². The Labute approximate surface area is 219 Å². The van der Waals surface area contributed by atoms with Crippen LogP contribution in [0.5, 0.6) is 0 Å². The lowest BCUT2D eigenvalue weighted by Gasteiger charge is -2.34. The quantitative estimate of drug-likeness (QED) is 0.523. The van der Waals surface area contributed by atoms with E-state index in [9.17, 15) is 14.4 Å². The lowest BCUT2D eigenvalue weighted by molar-refractivity contribution is -0.143. The fourth-order valence-electron chi connectivity index (χ4n) is 6.76. The third-order valence-corrected chi connectivity index (χ3v) is 8.94. The number of nitrogens with zero attached hydrogens (tertiary/aromatic N) is 1. The van der Waals surface area contributed by atoms with E-state index >= 15 is 0 Å². The molecule has 0 radical (unpaired) electrons. The van der Waals surface area contributed by atoms with Gasteiger partial charge in [-0.2, -0.15) is 0 Å². The van der Waals surface area contributed by atoms with Gasteiger partial charge in [0.15, 0.2) is 0 Å². The van der Waals surface area contributed by atoms with Crippen molar-refractivity contribution in [2.24, 2.45) is 11.8 Å². The molecule has 2 bridgehead atoms. The molecular formula is C27H32BrN3O5. The van der Waals surface area contributed by atoms with Crippen LogP contribution in [0.4, 0.5) is 5.69 Å². The Morgan fingerprint density at radius 3 is 2.56 bits per heavy atom. The molecule has 5 aliphatic rings. The summed E-state index contributed by atoms with van der Waals surface area (Å²) in [5.74, 6) is -2.10. The zero-order chi connectivity index (χ0) is 24.9. The zero-order valence-electron chi connectivity index (χ0n) is 20.2. The van der Waals surface area contributed by atoms with E-state index < -0.39 is 29.6 Å². The predicted octanol–water partition coefficient (Wildman–Crippen LogP) is 3.17. The third kappa shape index (κ3) is 4.09. The van der Waals surface area contributed by atoms with Gasteiger partial charge in [-0.25, -0.2) is 0 Å². The molecule has 36 heavy (non-hydrogen) atoms. The number of carbonyl (C=O) groups excluding carboxylic acids is 3. The highest BCUT2D eigenvalue weighted by Gasteiger charge is 2.73. The second-order valence-electron chi connectivity index (χ2n) is 10.7. The van der Waals surface area contributed by atoms with Crippen LogP contribution in [0, 0.1) is 11.8 Å². The van der Waals surface area contributed by atoms with Crippen molar-refractivity contribution in [2.75, 3.05) is 18.5 Å². The second-order valence-corrected chi connectivity index (χ2v) is 11.6. The first-order chi connectivity index (χ1) is 17.5. The number of hydrogen-bond acceptors (Lipinski definition) is 5. The van der Waals surface area contributed by atoms with Crippen molar-refractivity contribution >= 4 is 39.3 Å². The molecule has 4 heterocycles. The topological polar surface area (TPSA) is 97.0 Å². The molecule has 6 atom stereocenters. The molecule has 1 saturated carbocycles. The highest BCUT2D eigenvalue weighted by Crippen LogP contribution is 2.55. The zero-order valence-corrected chi connectivity index (χ0v) is 21.7. The van der Waals surface area contributed by atoms with Crippen molar-refractivity contribution in [1.82, 2.24) is 10.2 Å². The number of anilines is 1. The minimum Gasteiger partial charge on any atom is -0.376 e. The molecule has 1 aromatic rings. The van der Waals surface area contributed by atoms with Gasteiger partial charge in [0.25, 0.3) is 0 Å². The maximum absolute atomic E-state index is 14.0. The second kappa shape index (κ2) is 9.58. The SMILES string of the molecule is O=C(Nc1ccc(Br)cc1)[C@H]1[C@H]2C=C[C@@]3(O2)[C@H]1C(=O)N(C[C@@H]1CCCO1)[C@@H]3C(=O)NC1CCCCC1. The molecule has 192 valence electrons. The Hall–Kier alpha value is -2.23. The summed E-state index contributed by atoms with van der Waals surface area (Å²) < 4.78 is 13.2. The van der Waals surface area contributed by atoms with Crippen LogP contribution in [0.2, 0.25) is 0 Å². The van der Waals surface area contributed by atoms with Crippen LogP contribution in [-0.4, -0.2) is 65.7 Å². The standard InChI is InChI=1S/C27H32BrN3O5/c28-16-8-10-18(11-9-16)29-24(32)21-20-12-13-27(36-20)22(21)26(34)31(15-19-7-4-14-35-19)23(27)25(33)30-17-5-2-1-3-6-17/h8-13,17,19-23H,1-7,14-15H2,(H,29,32)(H,30,33)/t19-,20+,21-,22+,23+,27+/m0/s1. The van der Waals surface area contributed by atoms with Gasteiger partial charge in [0.05, 0.1) is 24.0 Å². The first-order valence-electron chi connectivity index (χ1n) is 13.1. The number of amides is 3.